The van der Waals surface area contributed by atoms with Crippen LogP contribution >= 0.6 is 0 Å². The minimum absolute atomic E-state index is 0.317. The molecular weight excluding hydrogens is 236 g/mol. The molecular formula is C16H20N2O. The second kappa shape index (κ2) is 5.17. The molecule has 0 atom stereocenters. The lowest BCUT2D eigenvalue weighted by atomic mass is 9.93. The van der Waals surface area contributed by atoms with Crippen LogP contribution < -0.4 is 10.5 Å². The third-order valence-electron chi connectivity index (χ3n) is 4.05. The number of nitrogens with zero attached hydrogens (tertiary/aromatic N) is 1. The summed E-state index contributed by atoms with van der Waals surface area (Å²) in [5.41, 5.74) is 7.14. The second-order valence-corrected chi connectivity index (χ2v) is 5.44. The Morgan fingerprint density at radius 2 is 1.95 bits per heavy atom. The van der Waals surface area contributed by atoms with Crippen LogP contribution in [0.2, 0.25) is 0 Å². The Balaban J connectivity index is 1.83. The molecule has 2 N–H and O–H groups in total. The molecule has 0 saturated heterocycles. The minimum atomic E-state index is 0.317. The summed E-state index contributed by atoms with van der Waals surface area (Å²) in [6.07, 6.45) is 8.31. The Kier molecular flexibility index (Phi) is 3.38. The molecule has 1 aliphatic rings. The number of nitrogens with two attached hydrogens (primary N) is 1. The first-order chi connectivity index (χ1) is 9.24. The van der Waals surface area contributed by atoms with E-state index in [2.05, 4.69) is 24.0 Å². The van der Waals surface area contributed by atoms with Gasteiger partial charge in [0.15, 0.2) is 0 Å². The minimum Gasteiger partial charge on any atom is -0.490 e. The summed E-state index contributed by atoms with van der Waals surface area (Å²) >= 11 is 0. The number of hydrogen-bond donors (Lipinski definition) is 1. The van der Waals surface area contributed by atoms with Crippen molar-refractivity contribution in [1.29, 1.82) is 0 Å². The number of fused-ring (bicyclic) bond motifs is 1. The maximum atomic E-state index is 6.17. The molecule has 3 heteroatoms. The van der Waals surface area contributed by atoms with Crippen LogP contribution in [0, 0.1) is 6.92 Å². The summed E-state index contributed by atoms with van der Waals surface area (Å²) in [6.45, 7) is 2.12. The molecule has 1 aromatic carbocycles. The number of rotatable bonds is 2. The lowest BCUT2D eigenvalue weighted by Gasteiger charge is -2.27. The van der Waals surface area contributed by atoms with Crippen molar-refractivity contribution in [2.45, 2.75) is 44.8 Å². The van der Waals surface area contributed by atoms with Crippen molar-refractivity contribution in [1.82, 2.24) is 4.98 Å². The smallest absolute Gasteiger partial charge is 0.123 e. The summed E-state index contributed by atoms with van der Waals surface area (Å²) in [4.78, 5) is 4.15. The van der Waals surface area contributed by atoms with Crippen LogP contribution in [0.15, 0.2) is 30.6 Å². The fraction of sp³-hybridized carbons (Fsp3) is 0.438. The average molecular weight is 256 g/mol. The molecule has 1 aliphatic carbocycles. The molecule has 1 aromatic heterocycles. The molecule has 2 aromatic rings. The number of benzene rings is 1. The van der Waals surface area contributed by atoms with E-state index in [0.717, 1.165) is 36.8 Å². The maximum absolute atomic E-state index is 6.17. The third-order valence-corrected chi connectivity index (χ3v) is 4.05. The molecule has 0 bridgehead atoms. The normalized spacial score (nSPS) is 23.5. The monoisotopic (exact) mass is 256 g/mol. The predicted octanol–water partition coefficient (Wildman–Crippen LogP) is 3.19. The van der Waals surface area contributed by atoms with Crippen LogP contribution in [0.1, 0.15) is 31.2 Å². The Morgan fingerprint density at radius 1 is 1.16 bits per heavy atom. The highest BCUT2D eigenvalue weighted by Gasteiger charge is 2.20. The van der Waals surface area contributed by atoms with E-state index in [9.17, 15) is 0 Å². The third kappa shape index (κ3) is 2.56. The van der Waals surface area contributed by atoms with Gasteiger partial charge in [-0.05, 0) is 61.8 Å². The van der Waals surface area contributed by atoms with E-state index < -0.39 is 0 Å². The van der Waals surface area contributed by atoms with E-state index in [1.165, 1.54) is 10.9 Å². The summed E-state index contributed by atoms with van der Waals surface area (Å²) in [6, 6.07) is 6.56. The van der Waals surface area contributed by atoms with Gasteiger partial charge in [0.25, 0.3) is 0 Å². The molecule has 0 aliphatic heterocycles. The largest absolute Gasteiger partial charge is 0.490 e. The van der Waals surface area contributed by atoms with Crippen LogP contribution in [0.3, 0.4) is 0 Å². The van der Waals surface area contributed by atoms with Gasteiger partial charge in [0.05, 0.1) is 6.10 Å². The zero-order valence-electron chi connectivity index (χ0n) is 11.3. The molecule has 1 heterocycles. The van der Waals surface area contributed by atoms with Gasteiger partial charge in [-0.1, -0.05) is 0 Å². The first-order valence-corrected chi connectivity index (χ1v) is 6.99. The van der Waals surface area contributed by atoms with E-state index in [0.29, 0.717) is 12.1 Å². The SMILES string of the molecule is Cc1c(O[C@H]2CC[C@@H](N)CC2)ccc2cnccc12. The van der Waals surface area contributed by atoms with Gasteiger partial charge in [0, 0.05) is 23.8 Å². The van der Waals surface area contributed by atoms with Crippen LogP contribution in [0.4, 0.5) is 0 Å². The van der Waals surface area contributed by atoms with Gasteiger partial charge in [-0.25, -0.2) is 0 Å². The number of aryl methyl sites for hydroxylation is 1. The predicted molar refractivity (Wildman–Crippen MR) is 77.3 cm³/mol. The maximum Gasteiger partial charge on any atom is 0.123 e. The van der Waals surface area contributed by atoms with Gasteiger partial charge in [-0.2, -0.15) is 0 Å². The zero-order valence-corrected chi connectivity index (χ0v) is 11.3. The molecule has 1 saturated carbocycles. The van der Waals surface area contributed by atoms with Gasteiger partial charge < -0.3 is 10.5 Å². The first kappa shape index (κ1) is 12.4. The van der Waals surface area contributed by atoms with Crippen molar-refractivity contribution in [3.8, 4) is 5.75 Å². The van der Waals surface area contributed by atoms with Crippen molar-refractivity contribution in [3.05, 3.63) is 36.2 Å². The first-order valence-electron chi connectivity index (χ1n) is 6.99. The Labute approximate surface area is 113 Å². The highest BCUT2D eigenvalue weighted by atomic mass is 16.5. The molecule has 3 rings (SSSR count). The van der Waals surface area contributed by atoms with Gasteiger partial charge >= 0.3 is 0 Å². The van der Waals surface area contributed by atoms with Gasteiger partial charge in [0.2, 0.25) is 0 Å². The molecule has 100 valence electrons. The summed E-state index contributed by atoms with van der Waals surface area (Å²) < 4.78 is 6.17. The number of hydrogen-bond acceptors (Lipinski definition) is 3. The number of pyridine rings is 1. The fourth-order valence-corrected chi connectivity index (χ4v) is 2.82. The van der Waals surface area contributed by atoms with E-state index in [-0.39, 0.29) is 0 Å². The van der Waals surface area contributed by atoms with E-state index in [1.807, 2.05) is 18.5 Å². The Morgan fingerprint density at radius 3 is 2.74 bits per heavy atom. The lowest BCUT2D eigenvalue weighted by molar-refractivity contribution is 0.146. The van der Waals surface area contributed by atoms with Gasteiger partial charge in [-0.3, -0.25) is 4.98 Å². The van der Waals surface area contributed by atoms with Crippen molar-refractivity contribution in [2.75, 3.05) is 0 Å². The topological polar surface area (TPSA) is 48.1 Å². The molecule has 0 spiro atoms. The zero-order chi connectivity index (χ0) is 13.2. The van der Waals surface area contributed by atoms with E-state index in [1.54, 1.807) is 0 Å². The summed E-state index contributed by atoms with van der Waals surface area (Å²) in [5, 5.41) is 2.39. The standard InChI is InChI=1S/C16H20N2O/c1-11-15-8-9-18-10-12(15)2-7-16(11)19-14-5-3-13(17)4-6-14/h2,7-10,13-14H,3-6,17H2,1H3/t13-,14+. The molecule has 19 heavy (non-hydrogen) atoms. The summed E-state index contributed by atoms with van der Waals surface area (Å²) in [5.74, 6) is 0.999. The number of ether oxygens (including phenoxy) is 1. The molecule has 0 unspecified atom stereocenters. The van der Waals surface area contributed by atoms with E-state index >= 15 is 0 Å². The highest BCUT2D eigenvalue weighted by molar-refractivity contribution is 5.86. The van der Waals surface area contributed by atoms with Crippen LogP contribution in [0.5, 0.6) is 5.75 Å². The van der Waals surface area contributed by atoms with Crippen LogP contribution in [0.25, 0.3) is 10.8 Å². The molecule has 1 fully saturated rings. The second-order valence-electron chi connectivity index (χ2n) is 5.44. The fourth-order valence-electron chi connectivity index (χ4n) is 2.82. The van der Waals surface area contributed by atoms with Gasteiger partial charge in [0.1, 0.15) is 5.75 Å². The Bertz CT molecular complexity index is 574. The quantitative estimate of drug-likeness (QED) is 0.897. The average Bonchev–Trinajstić information content (AvgIpc) is 2.45. The van der Waals surface area contributed by atoms with Crippen molar-refractivity contribution in [3.63, 3.8) is 0 Å². The van der Waals surface area contributed by atoms with Gasteiger partial charge in [-0.15, -0.1) is 0 Å². The van der Waals surface area contributed by atoms with E-state index in [4.69, 9.17) is 10.5 Å². The lowest BCUT2D eigenvalue weighted by Crippen LogP contribution is -2.31. The Hall–Kier alpha value is -1.61. The van der Waals surface area contributed by atoms with Crippen molar-refractivity contribution < 1.29 is 4.74 Å². The molecule has 0 amide bonds. The highest BCUT2D eigenvalue weighted by Crippen LogP contribution is 2.30. The van der Waals surface area contributed by atoms with Crippen molar-refractivity contribution >= 4 is 10.8 Å². The van der Waals surface area contributed by atoms with Crippen LogP contribution in [-0.4, -0.2) is 17.1 Å². The number of aromatic nitrogens is 1. The molecule has 0 radical (unpaired) electrons. The molecule has 3 nitrogen and oxygen atoms in total. The van der Waals surface area contributed by atoms with Crippen molar-refractivity contribution in [2.24, 2.45) is 5.73 Å². The summed E-state index contributed by atoms with van der Waals surface area (Å²) in [7, 11) is 0. The van der Waals surface area contributed by atoms with Crippen LogP contribution in [-0.2, 0) is 0 Å².